The molecule has 2 atom stereocenters. The summed E-state index contributed by atoms with van der Waals surface area (Å²) in [7, 11) is 0. The second-order valence-electron chi connectivity index (χ2n) is 5.05. The predicted octanol–water partition coefficient (Wildman–Crippen LogP) is 3.80. The van der Waals surface area contributed by atoms with Gasteiger partial charge in [-0.25, -0.2) is 0 Å². The zero-order valence-electron chi connectivity index (χ0n) is 11.2. The van der Waals surface area contributed by atoms with Crippen LogP contribution in [0.5, 0.6) is 5.75 Å². The standard InChI is InChI=1S/C16H15Cl2NO2/c17-12-5-2-6-13(18)15(12)11-4-1-3-10-14(20)7-9(8-19)21-16(10)11/h1-6,9,14,20H,7-8,19H2/t9-,14?/m1/s1. The Hall–Kier alpha value is -1.26. The quantitative estimate of drug-likeness (QED) is 0.883. The number of hydrogen-bond acceptors (Lipinski definition) is 3. The monoisotopic (exact) mass is 323 g/mol. The highest BCUT2D eigenvalue weighted by Gasteiger charge is 2.29. The first-order chi connectivity index (χ1) is 10.1. The van der Waals surface area contributed by atoms with Gasteiger partial charge in [0.1, 0.15) is 11.9 Å². The van der Waals surface area contributed by atoms with Crippen LogP contribution in [0.25, 0.3) is 11.1 Å². The van der Waals surface area contributed by atoms with Crippen LogP contribution >= 0.6 is 23.2 Å². The lowest BCUT2D eigenvalue weighted by Crippen LogP contribution is -2.32. The fourth-order valence-corrected chi connectivity index (χ4v) is 3.24. The molecule has 0 aromatic heterocycles. The van der Waals surface area contributed by atoms with Gasteiger partial charge in [-0.15, -0.1) is 0 Å². The van der Waals surface area contributed by atoms with Crippen LogP contribution in [0.1, 0.15) is 18.1 Å². The van der Waals surface area contributed by atoms with E-state index in [4.69, 9.17) is 33.7 Å². The molecule has 5 heteroatoms. The van der Waals surface area contributed by atoms with E-state index >= 15 is 0 Å². The third kappa shape index (κ3) is 2.62. The second kappa shape index (κ2) is 5.85. The molecule has 1 heterocycles. The first kappa shape index (κ1) is 14.7. The molecule has 3 nitrogen and oxygen atoms in total. The molecule has 0 radical (unpaired) electrons. The number of halogens is 2. The van der Waals surface area contributed by atoms with E-state index in [1.807, 2.05) is 18.2 Å². The van der Waals surface area contributed by atoms with Crippen molar-refractivity contribution in [2.45, 2.75) is 18.6 Å². The van der Waals surface area contributed by atoms with Gasteiger partial charge in [-0.2, -0.15) is 0 Å². The van der Waals surface area contributed by atoms with Crippen molar-refractivity contribution in [1.29, 1.82) is 0 Å². The van der Waals surface area contributed by atoms with E-state index in [2.05, 4.69) is 0 Å². The summed E-state index contributed by atoms with van der Waals surface area (Å²) >= 11 is 12.6. The molecule has 0 saturated heterocycles. The molecule has 2 aromatic carbocycles. The molecule has 21 heavy (non-hydrogen) atoms. The number of benzene rings is 2. The van der Waals surface area contributed by atoms with Gasteiger partial charge < -0.3 is 15.6 Å². The van der Waals surface area contributed by atoms with Crippen LogP contribution in [0.2, 0.25) is 10.0 Å². The summed E-state index contributed by atoms with van der Waals surface area (Å²) in [5, 5.41) is 11.4. The van der Waals surface area contributed by atoms with Gasteiger partial charge in [0.25, 0.3) is 0 Å². The first-order valence-electron chi connectivity index (χ1n) is 6.74. The van der Waals surface area contributed by atoms with E-state index in [0.717, 1.165) is 11.1 Å². The lowest BCUT2D eigenvalue weighted by molar-refractivity contribution is 0.0706. The van der Waals surface area contributed by atoms with Crippen molar-refractivity contribution in [2.24, 2.45) is 5.73 Å². The lowest BCUT2D eigenvalue weighted by Gasteiger charge is -2.30. The predicted molar refractivity (Wildman–Crippen MR) is 84.9 cm³/mol. The highest BCUT2D eigenvalue weighted by atomic mass is 35.5. The van der Waals surface area contributed by atoms with Gasteiger partial charge >= 0.3 is 0 Å². The van der Waals surface area contributed by atoms with Crippen LogP contribution in [0.4, 0.5) is 0 Å². The molecule has 1 aliphatic rings. The Morgan fingerprint density at radius 1 is 1.14 bits per heavy atom. The highest BCUT2D eigenvalue weighted by molar-refractivity contribution is 6.39. The largest absolute Gasteiger partial charge is 0.488 e. The molecular weight excluding hydrogens is 309 g/mol. The van der Waals surface area contributed by atoms with Crippen molar-refractivity contribution in [2.75, 3.05) is 6.54 Å². The van der Waals surface area contributed by atoms with Crippen LogP contribution in [0.3, 0.4) is 0 Å². The molecule has 1 unspecified atom stereocenters. The molecule has 0 fully saturated rings. The third-order valence-corrected chi connectivity index (χ3v) is 4.30. The summed E-state index contributed by atoms with van der Waals surface area (Å²) in [6.45, 7) is 0.348. The molecule has 3 rings (SSSR count). The number of para-hydroxylation sites is 1. The fraction of sp³-hybridized carbons (Fsp3) is 0.250. The Morgan fingerprint density at radius 3 is 2.48 bits per heavy atom. The molecule has 3 N–H and O–H groups in total. The number of aliphatic hydroxyl groups excluding tert-OH is 1. The average molecular weight is 324 g/mol. The molecule has 2 aromatic rings. The normalized spacial score (nSPS) is 20.8. The Bertz CT molecular complexity index is 655. The van der Waals surface area contributed by atoms with Crippen molar-refractivity contribution in [1.82, 2.24) is 0 Å². The summed E-state index contributed by atoms with van der Waals surface area (Å²) < 4.78 is 5.94. The number of hydrogen-bond donors (Lipinski definition) is 2. The molecule has 0 saturated carbocycles. The Morgan fingerprint density at radius 2 is 1.81 bits per heavy atom. The zero-order valence-corrected chi connectivity index (χ0v) is 12.7. The minimum absolute atomic E-state index is 0.213. The SMILES string of the molecule is NC[C@H]1CC(O)c2cccc(-c3c(Cl)cccc3Cl)c2O1. The average Bonchev–Trinajstić information content (AvgIpc) is 2.47. The second-order valence-corrected chi connectivity index (χ2v) is 5.86. The number of rotatable bonds is 2. The number of aliphatic hydroxyl groups is 1. The highest BCUT2D eigenvalue weighted by Crippen LogP contribution is 2.45. The van der Waals surface area contributed by atoms with Crippen LogP contribution < -0.4 is 10.5 Å². The van der Waals surface area contributed by atoms with Gasteiger partial charge in [0.05, 0.1) is 16.1 Å². The minimum Gasteiger partial charge on any atom is -0.488 e. The smallest absolute Gasteiger partial charge is 0.133 e. The minimum atomic E-state index is -0.594. The molecular formula is C16H15Cl2NO2. The topological polar surface area (TPSA) is 55.5 Å². The number of fused-ring (bicyclic) bond motifs is 1. The zero-order chi connectivity index (χ0) is 15.0. The summed E-state index contributed by atoms with van der Waals surface area (Å²) in [6, 6.07) is 11.0. The fourth-order valence-electron chi connectivity index (χ4n) is 2.64. The maximum Gasteiger partial charge on any atom is 0.133 e. The molecule has 0 spiro atoms. The molecule has 0 bridgehead atoms. The van der Waals surface area contributed by atoms with E-state index in [1.54, 1.807) is 18.2 Å². The molecule has 1 aliphatic heterocycles. The van der Waals surface area contributed by atoms with Crippen LogP contribution in [-0.2, 0) is 0 Å². The van der Waals surface area contributed by atoms with Gasteiger partial charge in [0, 0.05) is 29.7 Å². The van der Waals surface area contributed by atoms with Crippen molar-refractivity contribution in [3.8, 4) is 16.9 Å². The van der Waals surface area contributed by atoms with E-state index in [9.17, 15) is 5.11 Å². The molecule has 0 aliphatic carbocycles. The Labute approximate surface area is 133 Å². The molecule has 110 valence electrons. The van der Waals surface area contributed by atoms with Gasteiger partial charge in [0.15, 0.2) is 0 Å². The third-order valence-electron chi connectivity index (χ3n) is 3.67. The van der Waals surface area contributed by atoms with E-state index in [1.165, 1.54) is 0 Å². The van der Waals surface area contributed by atoms with Gasteiger partial charge in [-0.3, -0.25) is 0 Å². The maximum atomic E-state index is 10.3. The number of nitrogens with two attached hydrogens (primary N) is 1. The summed E-state index contributed by atoms with van der Waals surface area (Å²) in [5.41, 5.74) is 7.92. The van der Waals surface area contributed by atoms with E-state index in [0.29, 0.717) is 34.3 Å². The summed E-state index contributed by atoms with van der Waals surface area (Å²) in [4.78, 5) is 0. The van der Waals surface area contributed by atoms with Gasteiger partial charge in [-0.05, 0) is 12.1 Å². The van der Waals surface area contributed by atoms with Crippen molar-refractivity contribution >= 4 is 23.2 Å². The van der Waals surface area contributed by atoms with Crippen molar-refractivity contribution in [3.05, 3.63) is 52.0 Å². The van der Waals surface area contributed by atoms with Gasteiger partial charge in [0.2, 0.25) is 0 Å². The van der Waals surface area contributed by atoms with Crippen LogP contribution in [0, 0.1) is 0 Å². The Kier molecular flexibility index (Phi) is 4.09. The van der Waals surface area contributed by atoms with E-state index < -0.39 is 6.10 Å². The Balaban J connectivity index is 2.20. The lowest BCUT2D eigenvalue weighted by atomic mass is 9.93. The number of ether oxygens (including phenoxy) is 1. The van der Waals surface area contributed by atoms with Crippen molar-refractivity contribution < 1.29 is 9.84 Å². The van der Waals surface area contributed by atoms with Crippen LogP contribution in [-0.4, -0.2) is 17.8 Å². The van der Waals surface area contributed by atoms with Crippen molar-refractivity contribution in [3.63, 3.8) is 0 Å². The van der Waals surface area contributed by atoms with Crippen LogP contribution in [0.15, 0.2) is 36.4 Å². The van der Waals surface area contributed by atoms with E-state index in [-0.39, 0.29) is 6.10 Å². The van der Waals surface area contributed by atoms with Gasteiger partial charge in [-0.1, -0.05) is 47.5 Å². The molecule has 0 amide bonds. The first-order valence-corrected chi connectivity index (χ1v) is 7.49. The summed E-state index contributed by atoms with van der Waals surface area (Å²) in [5.74, 6) is 0.613. The maximum absolute atomic E-state index is 10.3. The summed E-state index contributed by atoms with van der Waals surface area (Å²) in [6.07, 6.45) is -0.318.